The maximum absolute atomic E-state index is 14.4. The first kappa shape index (κ1) is 60.6. The number of allylic oxidation sites excluding steroid dienone is 2. The Balaban J connectivity index is 0.903. The lowest BCUT2D eigenvalue weighted by Gasteiger charge is -2.41. The van der Waals surface area contributed by atoms with Crippen LogP contribution in [-0.4, -0.2) is 72.8 Å². The lowest BCUT2D eigenvalue weighted by atomic mass is 9.65. The summed E-state index contributed by atoms with van der Waals surface area (Å²) in [5, 5.41) is 58.1. The number of rotatable bonds is 8. The van der Waals surface area contributed by atoms with Gasteiger partial charge in [-0.05, 0) is 193 Å². The number of ketones is 2. The SMILES string of the molecule is CC1(O)CCCC2CC(CO)c3ccc(CCc4ccccc4)cc3CC2C(CCC23C=CC(=O)CCc4ccc(O)c(c4)OCCc4ccc(O)c(c4)C4CC(=O)c5cc[nH]c5CC#Cc5cc(C(N)N)c(cc54)CSSCC(C2)C(O)C3)C1. The molecule has 446 valence electrons. The van der Waals surface area contributed by atoms with E-state index in [1.165, 1.54) is 22.3 Å². The minimum Gasteiger partial charge on any atom is -0.508 e. The summed E-state index contributed by atoms with van der Waals surface area (Å²) in [6.45, 7) is 2.32. The molecule has 11 nitrogen and oxygen atoms in total. The van der Waals surface area contributed by atoms with Crippen molar-refractivity contribution < 1.29 is 39.9 Å². The fourth-order valence-corrected chi connectivity index (χ4v) is 17.5. The predicted octanol–water partition coefficient (Wildman–Crippen LogP) is 12.4. The lowest BCUT2D eigenvalue weighted by Crippen LogP contribution is -2.37. The van der Waals surface area contributed by atoms with Crippen LogP contribution in [0, 0.1) is 40.9 Å². The number of aryl methyl sites for hydroxylation is 3. The number of aliphatic hydroxyl groups is 3. The highest BCUT2D eigenvalue weighted by atomic mass is 33.1. The minimum atomic E-state index is -0.841. The summed E-state index contributed by atoms with van der Waals surface area (Å²) in [7, 11) is 3.37. The monoisotopic (exact) mass is 1180 g/mol. The Morgan fingerprint density at radius 1 is 0.812 bits per heavy atom. The molecule has 4 aliphatic carbocycles. The summed E-state index contributed by atoms with van der Waals surface area (Å²) in [6, 6.07) is 34.0. The number of hydrogen-bond acceptors (Lipinski definition) is 12. The number of phenolic OH excluding ortho intramolecular Hbond substituents is 2. The minimum absolute atomic E-state index is 0.0115. The maximum atomic E-state index is 14.4. The zero-order valence-electron chi connectivity index (χ0n) is 48.9. The number of aliphatic hydroxyl groups excluding tert-OH is 2. The molecule has 13 heteroatoms. The van der Waals surface area contributed by atoms with Crippen molar-refractivity contribution in [1.29, 1.82) is 0 Å². The van der Waals surface area contributed by atoms with Gasteiger partial charge in [0.1, 0.15) is 5.75 Å². The van der Waals surface area contributed by atoms with Crippen molar-refractivity contribution in [3.8, 4) is 29.1 Å². The summed E-state index contributed by atoms with van der Waals surface area (Å²) >= 11 is 0. The van der Waals surface area contributed by atoms with E-state index >= 15 is 0 Å². The normalized spacial score (nSPS) is 26.6. The number of Topliss-reactive ketones (excluding diaryl/α,β-unsaturated/α-hetero) is 1. The van der Waals surface area contributed by atoms with Crippen molar-refractivity contribution in [3.05, 3.63) is 194 Å². The molecule has 6 aromatic rings. The quantitative estimate of drug-likeness (QED) is 0.0406. The smallest absolute Gasteiger partial charge is 0.165 e. The maximum Gasteiger partial charge on any atom is 0.165 e. The summed E-state index contributed by atoms with van der Waals surface area (Å²) in [5.74, 6) is 8.35. The Morgan fingerprint density at radius 2 is 1.62 bits per heavy atom. The van der Waals surface area contributed by atoms with E-state index in [9.17, 15) is 35.1 Å². The average molecular weight is 1180 g/mol. The van der Waals surface area contributed by atoms with Gasteiger partial charge in [0.25, 0.3) is 0 Å². The summed E-state index contributed by atoms with van der Waals surface area (Å²) in [6.07, 6.45) is 15.5. The zero-order chi connectivity index (χ0) is 59.2. The van der Waals surface area contributed by atoms with Gasteiger partial charge in [-0.25, -0.2) is 0 Å². The van der Waals surface area contributed by atoms with E-state index in [0.717, 1.165) is 91.3 Å². The van der Waals surface area contributed by atoms with E-state index in [-0.39, 0.29) is 72.8 Å². The predicted molar refractivity (Wildman–Crippen MR) is 340 cm³/mol. The van der Waals surface area contributed by atoms with Crippen LogP contribution >= 0.6 is 21.6 Å². The highest BCUT2D eigenvalue weighted by Gasteiger charge is 2.46. The second kappa shape index (κ2) is 26.9. The first-order valence-corrected chi connectivity index (χ1v) is 33.3. The number of nitrogens with two attached hydrogens (primary N) is 2. The van der Waals surface area contributed by atoms with Crippen LogP contribution in [0.4, 0.5) is 0 Å². The molecule has 10 N–H and O–H groups in total. The zero-order valence-corrected chi connectivity index (χ0v) is 50.6. The van der Waals surface area contributed by atoms with Crippen molar-refractivity contribution >= 4 is 33.2 Å². The van der Waals surface area contributed by atoms with Gasteiger partial charge in [0.05, 0.1) is 30.9 Å². The third-order valence-corrected chi connectivity index (χ3v) is 22.0. The molecule has 2 heterocycles. The number of carbonyl (C=O) groups excluding carboxylic acids is 2. The molecule has 11 rings (SSSR count). The van der Waals surface area contributed by atoms with E-state index in [1.54, 1.807) is 58.1 Å². The molecule has 0 radical (unpaired) electrons. The Morgan fingerprint density at radius 3 is 2.45 bits per heavy atom. The molecule has 5 aliphatic rings. The van der Waals surface area contributed by atoms with Crippen LogP contribution in [0.1, 0.15) is 173 Å². The number of fused-ring (bicyclic) bond motifs is 11. The molecule has 9 atom stereocenters. The Hall–Kier alpha value is -6.08. The number of phenols is 2. The van der Waals surface area contributed by atoms with Gasteiger partial charge in [-0.1, -0.05) is 125 Å². The molecule has 85 heavy (non-hydrogen) atoms. The standard InChI is InChI=1S/C72H83N3O8S2/c1-71(82)26-6-10-49-34-53(42-76)57-19-15-46(13-12-45-7-3-2-4-8-45)31-52(57)36-59(49)51(39-71)22-27-72-28-23-56(77)18-14-47-17-21-66(79)69(33-47)83-30-25-48-16-20-65(78)63(32-48)62-38-67(80)58-24-29-75-64(58)11-5-9-50-35-61(70(73)74)54(37-60(50)62)43-84-85-44-55(40-72)68(81)41-72/h2-4,7-8,15-17,19-21,23-24,28-29,31-33,35,37,49,51,53,55,59,62,68,70,75-76,78-79,81-82H,6,10-14,18,22,25-27,30,34,36,38-44,73-74H2,1H3. The van der Waals surface area contributed by atoms with Gasteiger partial charge >= 0.3 is 0 Å². The average Bonchev–Trinajstić information content (AvgIpc) is 2.80. The number of ether oxygens (including phenoxy) is 1. The highest BCUT2D eigenvalue weighted by Crippen LogP contribution is 2.53. The molecular weight excluding hydrogens is 1100 g/mol. The molecule has 0 amide bonds. The van der Waals surface area contributed by atoms with Crippen LogP contribution in [0.25, 0.3) is 0 Å². The summed E-state index contributed by atoms with van der Waals surface area (Å²) in [4.78, 5) is 31.7. The van der Waals surface area contributed by atoms with Gasteiger partial charge in [0, 0.05) is 77.8 Å². The van der Waals surface area contributed by atoms with Crippen molar-refractivity contribution in [3.63, 3.8) is 0 Å². The van der Waals surface area contributed by atoms with E-state index in [4.69, 9.17) is 16.2 Å². The number of aromatic hydroxyl groups is 2. The molecule has 2 fully saturated rings. The fourth-order valence-electron chi connectivity index (χ4n) is 15.0. The van der Waals surface area contributed by atoms with Crippen LogP contribution in [0.5, 0.6) is 17.2 Å². The number of nitrogens with one attached hydrogen (secondary N) is 1. The molecule has 9 unspecified atom stereocenters. The number of aromatic nitrogens is 1. The van der Waals surface area contributed by atoms with Crippen molar-refractivity contribution in [2.24, 2.45) is 40.6 Å². The molecular formula is C72H83N3O8S2. The topological polar surface area (TPSA) is 212 Å². The van der Waals surface area contributed by atoms with Crippen molar-refractivity contribution in [2.75, 3.05) is 19.0 Å². The molecule has 1 aromatic heterocycles. The van der Waals surface area contributed by atoms with Gasteiger partial charge in [0.2, 0.25) is 0 Å². The summed E-state index contributed by atoms with van der Waals surface area (Å²) in [5.41, 5.74) is 23.7. The number of benzene rings is 5. The first-order chi connectivity index (χ1) is 41.1. The van der Waals surface area contributed by atoms with E-state index < -0.39 is 29.2 Å². The van der Waals surface area contributed by atoms with E-state index in [1.807, 2.05) is 31.2 Å². The van der Waals surface area contributed by atoms with E-state index in [2.05, 4.69) is 77.5 Å². The van der Waals surface area contributed by atoms with Crippen LogP contribution in [-0.2, 0) is 49.1 Å². The molecule has 8 bridgehead atoms. The van der Waals surface area contributed by atoms with Gasteiger partial charge in [0.15, 0.2) is 23.1 Å². The largest absolute Gasteiger partial charge is 0.508 e. The second-order valence-electron chi connectivity index (χ2n) is 25.6. The summed E-state index contributed by atoms with van der Waals surface area (Å²) < 4.78 is 6.24. The van der Waals surface area contributed by atoms with Crippen LogP contribution < -0.4 is 16.2 Å². The highest BCUT2D eigenvalue weighted by molar-refractivity contribution is 8.76. The van der Waals surface area contributed by atoms with Gasteiger partial charge in [-0.15, -0.1) is 0 Å². The van der Waals surface area contributed by atoms with Gasteiger partial charge in [-0.3, -0.25) is 9.59 Å². The van der Waals surface area contributed by atoms with E-state index in [0.29, 0.717) is 78.4 Å². The number of hydrogen-bond donors (Lipinski definition) is 8. The first-order valence-electron chi connectivity index (χ1n) is 30.9. The third-order valence-electron chi connectivity index (χ3n) is 19.6. The Kier molecular flexibility index (Phi) is 19.2. The van der Waals surface area contributed by atoms with Gasteiger partial charge < -0.3 is 46.7 Å². The van der Waals surface area contributed by atoms with Crippen LogP contribution in [0.2, 0.25) is 0 Å². The molecule has 0 saturated heterocycles. The molecule has 2 saturated carbocycles. The van der Waals surface area contributed by atoms with Crippen LogP contribution in [0.3, 0.4) is 0 Å². The lowest BCUT2D eigenvalue weighted by molar-refractivity contribution is -0.114. The van der Waals surface area contributed by atoms with Crippen molar-refractivity contribution in [2.45, 2.75) is 152 Å². The Labute approximate surface area is 509 Å². The number of carbonyl (C=O) groups is 2. The Bertz CT molecular complexity index is 3450. The fraction of sp³-hybridized carbons (Fsp3) is 0.444. The molecule has 1 aliphatic heterocycles. The van der Waals surface area contributed by atoms with Gasteiger partial charge in [-0.2, -0.15) is 0 Å². The number of aromatic amines is 1. The third kappa shape index (κ3) is 14.5. The molecule has 5 aromatic carbocycles. The second-order valence-corrected chi connectivity index (χ2v) is 28.1. The number of H-pyrrole nitrogens is 1. The molecule has 0 spiro atoms. The van der Waals surface area contributed by atoms with Crippen molar-refractivity contribution in [1.82, 2.24) is 4.98 Å². The van der Waals surface area contributed by atoms with Crippen LogP contribution in [0.15, 0.2) is 121 Å².